The Balaban J connectivity index is 1.12. The van der Waals surface area contributed by atoms with Crippen LogP contribution in [0.15, 0.2) is 36.5 Å². The number of likely N-dealkylation sites (N-methyl/N-ethyl adjacent to an activating group) is 1. The average Bonchev–Trinajstić information content (AvgIpc) is 2.94. The first-order valence-corrected chi connectivity index (χ1v) is 13.3. The number of nitrogens with two attached hydrogens (primary N) is 1. The highest BCUT2D eigenvalue weighted by Crippen LogP contribution is 2.26. The topological polar surface area (TPSA) is 97.1 Å². The second kappa shape index (κ2) is 11.3. The predicted molar refractivity (Wildman–Crippen MR) is 144 cm³/mol. The molecule has 36 heavy (non-hydrogen) atoms. The maximum atomic E-state index is 11.4. The molecule has 0 radical (unpaired) electrons. The SMILES string of the molecule is CCN1CCN(C2CCN(c3ccc(Nc4nccc(N5CCN(C(N)=O)CC5)n4)cc3)CC2)CC1. The van der Waals surface area contributed by atoms with Gasteiger partial charge in [0, 0.05) is 89.1 Å². The zero-order valence-corrected chi connectivity index (χ0v) is 21.3. The van der Waals surface area contributed by atoms with Crippen LogP contribution in [0.3, 0.4) is 0 Å². The Labute approximate surface area is 214 Å². The number of carbonyl (C=O) groups excluding carboxylic acids is 1. The second-order valence-electron chi connectivity index (χ2n) is 9.91. The molecule has 4 heterocycles. The molecule has 3 aliphatic rings. The summed E-state index contributed by atoms with van der Waals surface area (Å²) in [6, 6.07) is 10.9. The van der Waals surface area contributed by atoms with E-state index in [9.17, 15) is 4.79 Å². The van der Waals surface area contributed by atoms with Crippen LogP contribution in [0, 0.1) is 0 Å². The molecule has 2 amide bonds. The Bertz CT molecular complexity index is 993. The van der Waals surface area contributed by atoms with Gasteiger partial charge < -0.3 is 30.7 Å². The molecular formula is C26H39N9O. The summed E-state index contributed by atoms with van der Waals surface area (Å²) in [4.78, 5) is 32.0. The molecule has 194 valence electrons. The molecule has 3 saturated heterocycles. The highest BCUT2D eigenvalue weighted by molar-refractivity contribution is 5.72. The van der Waals surface area contributed by atoms with Gasteiger partial charge in [0.15, 0.2) is 0 Å². The summed E-state index contributed by atoms with van der Waals surface area (Å²) in [5.74, 6) is 1.42. The molecule has 0 aliphatic carbocycles. The smallest absolute Gasteiger partial charge is 0.314 e. The van der Waals surface area contributed by atoms with E-state index >= 15 is 0 Å². The van der Waals surface area contributed by atoms with Gasteiger partial charge in [-0.1, -0.05) is 6.92 Å². The highest BCUT2D eigenvalue weighted by Gasteiger charge is 2.27. The lowest BCUT2D eigenvalue weighted by Gasteiger charge is -2.43. The second-order valence-corrected chi connectivity index (χ2v) is 9.91. The highest BCUT2D eigenvalue weighted by atomic mass is 16.2. The third-order valence-corrected chi connectivity index (χ3v) is 7.88. The molecule has 0 unspecified atom stereocenters. The third kappa shape index (κ3) is 5.82. The molecule has 0 atom stereocenters. The predicted octanol–water partition coefficient (Wildman–Crippen LogP) is 2.03. The number of carbonyl (C=O) groups is 1. The number of primary amides is 1. The van der Waals surface area contributed by atoms with E-state index in [2.05, 4.69) is 66.1 Å². The van der Waals surface area contributed by atoms with Crippen molar-refractivity contribution in [2.75, 3.05) is 87.1 Å². The van der Waals surface area contributed by atoms with Crippen molar-refractivity contribution in [3.05, 3.63) is 36.5 Å². The molecule has 1 aromatic heterocycles. The van der Waals surface area contributed by atoms with Crippen molar-refractivity contribution in [2.24, 2.45) is 5.73 Å². The van der Waals surface area contributed by atoms with Gasteiger partial charge in [-0.3, -0.25) is 4.90 Å². The molecule has 5 rings (SSSR count). The summed E-state index contributed by atoms with van der Waals surface area (Å²) >= 11 is 0. The van der Waals surface area contributed by atoms with E-state index in [0.29, 0.717) is 32.1 Å². The number of benzene rings is 1. The van der Waals surface area contributed by atoms with Gasteiger partial charge in [0.1, 0.15) is 5.82 Å². The maximum absolute atomic E-state index is 11.4. The van der Waals surface area contributed by atoms with Gasteiger partial charge in [-0.15, -0.1) is 0 Å². The fourth-order valence-corrected chi connectivity index (χ4v) is 5.56. The van der Waals surface area contributed by atoms with Gasteiger partial charge in [-0.25, -0.2) is 9.78 Å². The van der Waals surface area contributed by atoms with Gasteiger partial charge in [-0.05, 0) is 49.7 Å². The van der Waals surface area contributed by atoms with Crippen molar-refractivity contribution in [1.82, 2.24) is 24.7 Å². The van der Waals surface area contributed by atoms with Crippen molar-refractivity contribution < 1.29 is 4.79 Å². The number of aromatic nitrogens is 2. The number of urea groups is 1. The summed E-state index contributed by atoms with van der Waals surface area (Å²) in [5.41, 5.74) is 7.64. The van der Waals surface area contributed by atoms with Gasteiger partial charge in [-0.2, -0.15) is 4.98 Å². The minimum atomic E-state index is -0.363. The standard InChI is InChI=1S/C26H39N9O/c1-2-31-13-15-33(16-14-31)23-8-11-32(12-9-23)22-5-3-21(4-6-22)29-26-28-10-7-24(30-26)34-17-19-35(20-18-34)25(27)36/h3-7,10,23H,2,8-9,11-20H2,1H3,(H2,27,36)(H,28,29,30). The number of rotatable bonds is 6. The number of hydrogen-bond acceptors (Lipinski definition) is 8. The van der Waals surface area contributed by atoms with Crippen molar-refractivity contribution in [2.45, 2.75) is 25.8 Å². The van der Waals surface area contributed by atoms with Crippen LogP contribution in [0.4, 0.5) is 27.9 Å². The van der Waals surface area contributed by atoms with Crippen molar-refractivity contribution >= 4 is 29.2 Å². The van der Waals surface area contributed by atoms with Crippen LogP contribution in [0.2, 0.25) is 0 Å². The molecule has 0 bridgehead atoms. The minimum absolute atomic E-state index is 0.363. The van der Waals surface area contributed by atoms with Crippen LogP contribution < -0.4 is 20.9 Å². The van der Waals surface area contributed by atoms with Crippen molar-refractivity contribution in [3.63, 3.8) is 0 Å². The Hall–Kier alpha value is -3.11. The van der Waals surface area contributed by atoms with E-state index in [-0.39, 0.29) is 6.03 Å². The normalized spacial score (nSPS) is 20.5. The Morgan fingerprint density at radius 3 is 2.25 bits per heavy atom. The molecule has 0 saturated carbocycles. The van der Waals surface area contributed by atoms with Crippen LogP contribution >= 0.6 is 0 Å². The molecular weight excluding hydrogens is 454 g/mol. The molecule has 3 fully saturated rings. The number of anilines is 4. The van der Waals surface area contributed by atoms with Gasteiger partial charge in [0.25, 0.3) is 0 Å². The zero-order valence-electron chi connectivity index (χ0n) is 21.3. The van der Waals surface area contributed by atoms with E-state index in [4.69, 9.17) is 5.73 Å². The van der Waals surface area contributed by atoms with Crippen molar-refractivity contribution in [3.8, 4) is 0 Å². The van der Waals surface area contributed by atoms with Crippen LogP contribution in [0.25, 0.3) is 0 Å². The number of piperidine rings is 1. The Kier molecular flexibility index (Phi) is 7.72. The fourth-order valence-electron chi connectivity index (χ4n) is 5.56. The van der Waals surface area contributed by atoms with Crippen LogP contribution in [-0.2, 0) is 0 Å². The number of nitrogens with one attached hydrogen (secondary N) is 1. The first kappa shape index (κ1) is 24.6. The Morgan fingerprint density at radius 2 is 1.61 bits per heavy atom. The quantitative estimate of drug-likeness (QED) is 0.631. The summed E-state index contributed by atoms with van der Waals surface area (Å²) in [7, 11) is 0. The minimum Gasteiger partial charge on any atom is -0.371 e. The molecule has 10 nitrogen and oxygen atoms in total. The summed E-state index contributed by atoms with van der Waals surface area (Å²) in [5, 5.41) is 3.34. The van der Waals surface area contributed by atoms with E-state index in [1.165, 1.54) is 51.3 Å². The average molecular weight is 494 g/mol. The molecule has 0 spiro atoms. The van der Waals surface area contributed by atoms with Gasteiger partial charge >= 0.3 is 6.03 Å². The van der Waals surface area contributed by atoms with Crippen LogP contribution in [0.1, 0.15) is 19.8 Å². The van der Waals surface area contributed by atoms with E-state index < -0.39 is 0 Å². The van der Waals surface area contributed by atoms with E-state index in [1.807, 2.05) is 6.07 Å². The number of piperazine rings is 2. The van der Waals surface area contributed by atoms with Gasteiger partial charge in [0.2, 0.25) is 5.95 Å². The summed E-state index contributed by atoms with van der Waals surface area (Å²) < 4.78 is 0. The molecule has 10 heteroatoms. The van der Waals surface area contributed by atoms with Crippen molar-refractivity contribution in [1.29, 1.82) is 0 Å². The number of nitrogens with zero attached hydrogens (tertiary/aromatic N) is 7. The Morgan fingerprint density at radius 1 is 0.917 bits per heavy atom. The summed E-state index contributed by atoms with van der Waals surface area (Å²) in [6.45, 7) is 13.1. The first-order valence-electron chi connectivity index (χ1n) is 13.3. The largest absolute Gasteiger partial charge is 0.371 e. The monoisotopic (exact) mass is 493 g/mol. The molecule has 3 aliphatic heterocycles. The third-order valence-electron chi connectivity index (χ3n) is 7.88. The molecule has 1 aromatic carbocycles. The zero-order chi connectivity index (χ0) is 24.9. The lowest BCUT2D eigenvalue weighted by Crippen LogP contribution is -2.53. The number of amides is 2. The maximum Gasteiger partial charge on any atom is 0.314 e. The summed E-state index contributed by atoms with van der Waals surface area (Å²) in [6.07, 6.45) is 4.24. The van der Waals surface area contributed by atoms with E-state index in [1.54, 1.807) is 11.1 Å². The van der Waals surface area contributed by atoms with Gasteiger partial charge in [0.05, 0.1) is 0 Å². The van der Waals surface area contributed by atoms with Crippen LogP contribution in [0.5, 0.6) is 0 Å². The lowest BCUT2D eigenvalue weighted by molar-refractivity contribution is 0.0878. The van der Waals surface area contributed by atoms with E-state index in [0.717, 1.165) is 30.6 Å². The first-order chi connectivity index (χ1) is 17.6. The molecule has 3 N–H and O–H groups in total. The lowest BCUT2D eigenvalue weighted by atomic mass is 10.0. The van der Waals surface area contributed by atoms with Crippen LogP contribution in [-0.4, -0.2) is 109 Å². The fraction of sp³-hybridized carbons (Fsp3) is 0.577. The molecule has 2 aromatic rings. The number of hydrogen-bond donors (Lipinski definition) is 2.